The molecule has 0 amide bonds. The van der Waals surface area contributed by atoms with Crippen molar-refractivity contribution in [2.24, 2.45) is 0 Å². The fourth-order valence-corrected chi connectivity index (χ4v) is 2.09. The van der Waals surface area contributed by atoms with E-state index in [0.717, 1.165) is 0 Å². The van der Waals surface area contributed by atoms with Crippen LogP contribution in [0.1, 0.15) is 19.8 Å². The number of aliphatic carboxylic acids is 1. The van der Waals surface area contributed by atoms with Crippen LogP contribution in [-0.4, -0.2) is 65.8 Å². The lowest BCUT2D eigenvalue weighted by atomic mass is 10.1. The summed E-state index contributed by atoms with van der Waals surface area (Å²) in [6.45, 7) is 4.27. The number of hydrogen-bond acceptors (Lipinski definition) is 3. The normalized spacial score (nSPS) is 20.9. The van der Waals surface area contributed by atoms with Crippen molar-refractivity contribution >= 4 is 5.97 Å². The van der Waals surface area contributed by atoms with Crippen LogP contribution in [-0.2, 0) is 4.79 Å². The third kappa shape index (κ3) is 5.68. The van der Waals surface area contributed by atoms with Crippen molar-refractivity contribution in [1.82, 2.24) is 9.80 Å². The lowest BCUT2D eigenvalue weighted by Crippen LogP contribution is -2.50. The molecule has 0 aromatic heterocycles. The van der Waals surface area contributed by atoms with Gasteiger partial charge in [-0.25, -0.2) is 0 Å². The Balaban J connectivity index is 2.26. The number of alkyl halides is 3. The Morgan fingerprint density at radius 1 is 1.28 bits per heavy atom. The second kappa shape index (κ2) is 6.38. The van der Waals surface area contributed by atoms with Crippen LogP contribution in [0.15, 0.2) is 0 Å². The Hall–Kier alpha value is -0.820. The highest BCUT2D eigenvalue weighted by molar-refractivity contribution is 5.67. The van der Waals surface area contributed by atoms with E-state index in [1.807, 2.05) is 11.8 Å². The maximum Gasteiger partial charge on any atom is 0.390 e. The molecular weight excluding hydrogens is 249 g/mol. The van der Waals surface area contributed by atoms with E-state index in [1.54, 1.807) is 4.90 Å². The molecule has 0 aliphatic carbocycles. The number of rotatable bonds is 5. The largest absolute Gasteiger partial charge is 0.481 e. The molecule has 106 valence electrons. The highest BCUT2D eigenvalue weighted by Crippen LogP contribution is 2.20. The Kier molecular flexibility index (Phi) is 5.40. The molecule has 1 unspecified atom stereocenters. The molecule has 7 heteroatoms. The van der Waals surface area contributed by atoms with Crippen LogP contribution in [0.5, 0.6) is 0 Å². The predicted molar refractivity (Wildman–Crippen MR) is 60.4 cm³/mol. The Morgan fingerprint density at radius 2 is 1.83 bits per heavy atom. The van der Waals surface area contributed by atoms with Crippen LogP contribution >= 0.6 is 0 Å². The molecule has 0 radical (unpaired) electrons. The van der Waals surface area contributed by atoms with Crippen LogP contribution in [0.3, 0.4) is 0 Å². The summed E-state index contributed by atoms with van der Waals surface area (Å²) in [6.07, 6.45) is -4.81. The quantitative estimate of drug-likeness (QED) is 0.819. The second-order valence-corrected chi connectivity index (χ2v) is 4.69. The molecule has 1 fully saturated rings. The van der Waals surface area contributed by atoms with Gasteiger partial charge in [0.15, 0.2) is 0 Å². The summed E-state index contributed by atoms with van der Waals surface area (Å²) < 4.78 is 36.2. The van der Waals surface area contributed by atoms with Crippen molar-refractivity contribution in [2.45, 2.75) is 32.0 Å². The van der Waals surface area contributed by atoms with Crippen LogP contribution in [0.2, 0.25) is 0 Å². The van der Waals surface area contributed by atoms with Gasteiger partial charge in [-0.15, -0.1) is 0 Å². The zero-order chi connectivity index (χ0) is 13.8. The van der Waals surface area contributed by atoms with Gasteiger partial charge in [-0.1, -0.05) is 0 Å². The van der Waals surface area contributed by atoms with Crippen molar-refractivity contribution in [1.29, 1.82) is 0 Å². The zero-order valence-corrected chi connectivity index (χ0v) is 10.4. The van der Waals surface area contributed by atoms with Gasteiger partial charge in [0, 0.05) is 38.8 Å². The standard InChI is InChI=1S/C11H19F3N2O2/c1-9(8-10(17)18)16-6-4-15(5-7-16)3-2-11(12,13)14/h9H,2-8H2,1H3,(H,17,18). The lowest BCUT2D eigenvalue weighted by molar-refractivity contribution is -0.141. The third-order valence-corrected chi connectivity index (χ3v) is 3.21. The number of hydrogen-bond donors (Lipinski definition) is 1. The van der Waals surface area contributed by atoms with E-state index < -0.39 is 18.6 Å². The monoisotopic (exact) mass is 268 g/mol. The number of carbonyl (C=O) groups is 1. The molecule has 1 saturated heterocycles. The number of halogens is 3. The molecule has 0 saturated carbocycles. The zero-order valence-electron chi connectivity index (χ0n) is 10.4. The van der Waals surface area contributed by atoms with E-state index in [9.17, 15) is 18.0 Å². The smallest absolute Gasteiger partial charge is 0.390 e. The molecule has 0 bridgehead atoms. The van der Waals surface area contributed by atoms with Gasteiger partial charge in [0.2, 0.25) is 0 Å². The maximum absolute atomic E-state index is 12.1. The molecule has 0 aromatic rings. The number of nitrogens with zero attached hydrogens (tertiary/aromatic N) is 2. The molecule has 1 heterocycles. The Morgan fingerprint density at radius 3 is 2.28 bits per heavy atom. The summed E-state index contributed by atoms with van der Waals surface area (Å²) in [5, 5.41) is 8.68. The lowest BCUT2D eigenvalue weighted by Gasteiger charge is -2.37. The summed E-state index contributed by atoms with van der Waals surface area (Å²) in [5.41, 5.74) is 0. The van der Waals surface area contributed by atoms with E-state index in [4.69, 9.17) is 5.11 Å². The SMILES string of the molecule is CC(CC(=O)O)N1CCN(CCC(F)(F)F)CC1. The maximum atomic E-state index is 12.1. The highest BCUT2D eigenvalue weighted by Gasteiger charge is 2.29. The topological polar surface area (TPSA) is 43.8 Å². The summed E-state index contributed by atoms with van der Waals surface area (Å²) in [5.74, 6) is -0.845. The van der Waals surface area contributed by atoms with Crippen molar-refractivity contribution in [3.8, 4) is 0 Å². The van der Waals surface area contributed by atoms with Gasteiger partial charge in [-0.3, -0.25) is 9.69 Å². The van der Waals surface area contributed by atoms with Crippen LogP contribution in [0, 0.1) is 0 Å². The minimum Gasteiger partial charge on any atom is -0.481 e. The molecule has 1 atom stereocenters. The molecule has 1 N–H and O–H groups in total. The van der Waals surface area contributed by atoms with E-state index >= 15 is 0 Å². The van der Waals surface area contributed by atoms with Gasteiger partial charge >= 0.3 is 12.1 Å². The molecule has 18 heavy (non-hydrogen) atoms. The predicted octanol–water partition coefficient (Wildman–Crippen LogP) is 1.42. The van der Waals surface area contributed by atoms with E-state index in [2.05, 4.69) is 0 Å². The van der Waals surface area contributed by atoms with E-state index in [0.29, 0.717) is 26.2 Å². The highest BCUT2D eigenvalue weighted by atomic mass is 19.4. The van der Waals surface area contributed by atoms with Crippen molar-refractivity contribution in [3.63, 3.8) is 0 Å². The van der Waals surface area contributed by atoms with E-state index in [-0.39, 0.29) is 19.0 Å². The van der Waals surface area contributed by atoms with Gasteiger partial charge in [0.1, 0.15) is 0 Å². The van der Waals surface area contributed by atoms with Gasteiger partial charge in [-0.05, 0) is 6.92 Å². The average molecular weight is 268 g/mol. The van der Waals surface area contributed by atoms with E-state index in [1.165, 1.54) is 0 Å². The third-order valence-electron chi connectivity index (χ3n) is 3.21. The van der Waals surface area contributed by atoms with Gasteiger partial charge in [-0.2, -0.15) is 13.2 Å². The molecule has 1 aliphatic rings. The minimum atomic E-state index is -4.10. The first-order chi connectivity index (χ1) is 8.28. The average Bonchev–Trinajstić information content (AvgIpc) is 2.25. The van der Waals surface area contributed by atoms with Crippen molar-refractivity contribution in [3.05, 3.63) is 0 Å². The van der Waals surface area contributed by atoms with Crippen molar-refractivity contribution < 1.29 is 23.1 Å². The van der Waals surface area contributed by atoms with Crippen LogP contribution < -0.4 is 0 Å². The van der Waals surface area contributed by atoms with Gasteiger partial charge in [0.05, 0.1) is 12.8 Å². The summed E-state index contributed by atoms with van der Waals surface area (Å²) in [6, 6.07) is -0.0627. The van der Waals surface area contributed by atoms with Gasteiger partial charge < -0.3 is 10.0 Å². The molecule has 1 rings (SSSR count). The van der Waals surface area contributed by atoms with Crippen molar-refractivity contribution in [2.75, 3.05) is 32.7 Å². The summed E-state index contributed by atoms with van der Waals surface area (Å²) in [4.78, 5) is 14.4. The van der Waals surface area contributed by atoms with Crippen LogP contribution in [0.25, 0.3) is 0 Å². The molecular formula is C11H19F3N2O2. The Labute approximate surface area is 104 Å². The first kappa shape index (κ1) is 15.2. The van der Waals surface area contributed by atoms with Gasteiger partial charge in [0.25, 0.3) is 0 Å². The molecule has 4 nitrogen and oxygen atoms in total. The fourth-order valence-electron chi connectivity index (χ4n) is 2.09. The second-order valence-electron chi connectivity index (χ2n) is 4.69. The summed E-state index contributed by atoms with van der Waals surface area (Å²) in [7, 11) is 0. The molecule has 0 spiro atoms. The molecule has 1 aliphatic heterocycles. The first-order valence-electron chi connectivity index (χ1n) is 6.03. The van der Waals surface area contributed by atoms with Crippen LogP contribution in [0.4, 0.5) is 13.2 Å². The number of carboxylic acid groups (broad SMARTS) is 1. The first-order valence-corrected chi connectivity index (χ1v) is 6.03. The minimum absolute atomic E-state index is 0.0324. The fraction of sp³-hybridized carbons (Fsp3) is 0.909. The Bertz CT molecular complexity index is 276. The summed E-state index contributed by atoms with van der Waals surface area (Å²) >= 11 is 0. The molecule has 0 aromatic carbocycles. The number of piperazine rings is 1. The number of carboxylic acids is 1.